The van der Waals surface area contributed by atoms with Crippen LogP contribution < -0.4 is 25.4 Å². The Hall–Kier alpha value is -3.87. The predicted octanol–water partition coefficient (Wildman–Crippen LogP) is 2.46. The first-order chi connectivity index (χ1) is 20.4. The Kier molecular flexibility index (Phi) is 11.8. The first kappa shape index (κ1) is 31.1. The fourth-order valence-corrected chi connectivity index (χ4v) is 4.74. The van der Waals surface area contributed by atoms with Crippen LogP contribution in [0.1, 0.15) is 35.7 Å². The normalized spacial score (nSPS) is 19.6. The summed E-state index contributed by atoms with van der Waals surface area (Å²) in [6.07, 6.45) is 0.416. The van der Waals surface area contributed by atoms with Crippen LogP contribution in [0.25, 0.3) is 0 Å². The van der Waals surface area contributed by atoms with Crippen LogP contribution in [0.2, 0.25) is 0 Å². The molecule has 2 atom stereocenters. The average molecular weight is 585 g/mol. The van der Waals surface area contributed by atoms with Crippen molar-refractivity contribution in [2.24, 2.45) is 0 Å². The van der Waals surface area contributed by atoms with Crippen LogP contribution in [0.5, 0.6) is 17.2 Å². The largest absolute Gasteiger partial charge is 0.491 e. The van der Waals surface area contributed by atoms with Crippen LogP contribution in [-0.4, -0.2) is 94.6 Å². The van der Waals surface area contributed by atoms with Crippen molar-refractivity contribution in [3.63, 3.8) is 0 Å². The molecule has 12 heteroatoms. The van der Waals surface area contributed by atoms with Gasteiger partial charge in [-0.15, -0.1) is 0 Å². The van der Waals surface area contributed by atoms with Crippen LogP contribution in [0.4, 0.5) is 4.79 Å². The highest BCUT2D eigenvalue weighted by atomic mass is 16.5. The molecule has 12 nitrogen and oxygen atoms in total. The van der Waals surface area contributed by atoms with Crippen molar-refractivity contribution in [1.82, 2.24) is 20.9 Å². The van der Waals surface area contributed by atoms with Gasteiger partial charge in [-0.3, -0.25) is 9.59 Å². The smallest absolute Gasteiger partial charge is 0.315 e. The number of hydrogen-bond donors (Lipinski definition) is 3. The SMILES string of the molecule is CCOCCC(=O)N1CC[C@@H]2NC(=O)NCCNC(=O)c3cc(OCCOC)cc(c3)Oc3cccc(c3)CO[C@H]2C1. The summed E-state index contributed by atoms with van der Waals surface area (Å²) in [5.41, 5.74) is 1.21. The first-order valence-electron chi connectivity index (χ1n) is 14.3. The minimum atomic E-state index is -0.424. The van der Waals surface area contributed by atoms with Gasteiger partial charge in [0.1, 0.15) is 23.9 Å². The maximum Gasteiger partial charge on any atom is 0.315 e. The van der Waals surface area contributed by atoms with E-state index < -0.39 is 6.10 Å². The molecule has 2 aliphatic heterocycles. The summed E-state index contributed by atoms with van der Waals surface area (Å²) in [5.74, 6) is 1.12. The average Bonchev–Trinajstić information content (AvgIpc) is 2.98. The highest BCUT2D eigenvalue weighted by molar-refractivity contribution is 5.95. The highest BCUT2D eigenvalue weighted by Crippen LogP contribution is 2.29. The van der Waals surface area contributed by atoms with Crippen LogP contribution >= 0.6 is 0 Å². The molecule has 2 aromatic rings. The van der Waals surface area contributed by atoms with Crippen molar-refractivity contribution in [2.75, 3.05) is 59.7 Å². The zero-order chi connectivity index (χ0) is 29.7. The molecule has 0 aromatic heterocycles. The minimum Gasteiger partial charge on any atom is -0.491 e. The van der Waals surface area contributed by atoms with Gasteiger partial charge in [0.25, 0.3) is 5.91 Å². The lowest BCUT2D eigenvalue weighted by molar-refractivity contribution is -0.137. The van der Waals surface area contributed by atoms with E-state index in [-0.39, 0.29) is 43.6 Å². The van der Waals surface area contributed by atoms with Crippen molar-refractivity contribution in [1.29, 1.82) is 0 Å². The second-order valence-electron chi connectivity index (χ2n) is 9.97. The van der Waals surface area contributed by atoms with Crippen molar-refractivity contribution in [2.45, 2.75) is 38.5 Å². The van der Waals surface area contributed by atoms with Gasteiger partial charge in [0.2, 0.25) is 5.91 Å². The highest BCUT2D eigenvalue weighted by Gasteiger charge is 2.33. The summed E-state index contributed by atoms with van der Waals surface area (Å²) >= 11 is 0. The number of fused-ring (bicyclic) bond motifs is 5. The van der Waals surface area contributed by atoms with Crippen LogP contribution in [0.3, 0.4) is 0 Å². The number of rotatable bonds is 8. The summed E-state index contributed by atoms with van der Waals surface area (Å²) in [4.78, 5) is 40.2. The molecular formula is C30H40N4O8. The molecule has 0 radical (unpaired) electrons. The number of nitrogens with one attached hydrogen (secondary N) is 3. The van der Waals surface area contributed by atoms with Gasteiger partial charge < -0.3 is 44.5 Å². The van der Waals surface area contributed by atoms with Gasteiger partial charge in [0.15, 0.2) is 0 Å². The molecule has 0 spiro atoms. The van der Waals surface area contributed by atoms with Gasteiger partial charge in [-0.1, -0.05) is 12.1 Å². The number of piperidine rings is 1. The lowest BCUT2D eigenvalue weighted by atomic mass is 10.0. The van der Waals surface area contributed by atoms with Crippen LogP contribution in [0.15, 0.2) is 42.5 Å². The van der Waals surface area contributed by atoms with E-state index in [4.69, 9.17) is 23.7 Å². The maximum absolute atomic E-state index is 12.9. The van der Waals surface area contributed by atoms with Crippen LogP contribution in [-0.2, 0) is 25.6 Å². The zero-order valence-electron chi connectivity index (χ0n) is 24.2. The Morgan fingerprint density at radius 3 is 2.74 bits per heavy atom. The topological polar surface area (TPSA) is 137 Å². The Balaban J connectivity index is 1.53. The molecular weight excluding hydrogens is 544 g/mol. The number of carbonyl (C=O) groups is 3. The number of ether oxygens (including phenoxy) is 5. The van der Waals surface area contributed by atoms with Crippen LogP contribution in [0, 0.1) is 0 Å². The number of amides is 4. The summed E-state index contributed by atoms with van der Waals surface area (Å²) in [5, 5.41) is 8.59. The number of likely N-dealkylation sites (tertiary alicyclic amines) is 1. The van der Waals surface area contributed by atoms with E-state index in [9.17, 15) is 14.4 Å². The van der Waals surface area contributed by atoms with Gasteiger partial charge in [0, 0.05) is 51.5 Å². The third-order valence-electron chi connectivity index (χ3n) is 6.89. The number of benzene rings is 2. The number of urea groups is 1. The van der Waals surface area contributed by atoms with Crippen molar-refractivity contribution >= 4 is 17.8 Å². The fraction of sp³-hybridized carbons (Fsp3) is 0.500. The summed E-state index contributed by atoms with van der Waals surface area (Å²) < 4.78 is 28.6. The van der Waals surface area contributed by atoms with E-state index in [0.717, 1.165) is 5.56 Å². The van der Waals surface area contributed by atoms with Gasteiger partial charge >= 0.3 is 6.03 Å². The molecule has 0 saturated carbocycles. The Morgan fingerprint density at radius 1 is 1.05 bits per heavy atom. The summed E-state index contributed by atoms with van der Waals surface area (Å²) in [6.45, 7) is 5.05. The van der Waals surface area contributed by atoms with Crippen molar-refractivity contribution in [3.8, 4) is 17.2 Å². The second kappa shape index (κ2) is 15.9. The molecule has 4 amide bonds. The van der Waals surface area contributed by atoms with Crippen molar-refractivity contribution < 1.29 is 38.1 Å². The fourth-order valence-electron chi connectivity index (χ4n) is 4.74. The zero-order valence-corrected chi connectivity index (χ0v) is 24.2. The molecule has 0 unspecified atom stereocenters. The molecule has 0 aliphatic carbocycles. The standard InChI is InChI=1S/C30H40N4O8/c1-3-39-12-8-28(35)34-11-7-26-27(19-34)41-20-21-5-4-6-23(15-21)42-25-17-22(16-24(18-25)40-14-13-38-2)29(36)31-9-10-32-30(37)33-26/h4-6,15-18,26-27H,3,7-14,19-20H2,1-2H3,(H,31,36)(H2,32,33,37)/t26-,27-/m0/s1. The maximum atomic E-state index is 12.9. The number of hydrogen-bond acceptors (Lipinski definition) is 8. The lowest BCUT2D eigenvalue weighted by Gasteiger charge is -2.38. The van der Waals surface area contributed by atoms with E-state index in [1.165, 1.54) is 0 Å². The number of nitrogens with zero attached hydrogens (tertiary/aromatic N) is 1. The van der Waals surface area contributed by atoms with E-state index in [2.05, 4.69) is 16.0 Å². The summed E-state index contributed by atoms with van der Waals surface area (Å²) in [7, 11) is 1.58. The van der Waals surface area contributed by atoms with Gasteiger partial charge in [-0.2, -0.15) is 0 Å². The minimum absolute atomic E-state index is 0.00616. The van der Waals surface area contributed by atoms with Crippen molar-refractivity contribution in [3.05, 3.63) is 53.6 Å². The predicted molar refractivity (Wildman–Crippen MR) is 154 cm³/mol. The summed E-state index contributed by atoms with van der Waals surface area (Å²) in [6, 6.07) is 11.7. The molecule has 2 aliphatic rings. The molecule has 3 N–H and O–H groups in total. The molecule has 2 aromatic carbocycles. The van der Waals surface area contributed by atoms with Gasteiger partial charge in [-0.25, -0.2) is 4.79 Å². The molecule has 4 rings (SSSR count). The lowest BCUT2D eigenvalue weighted by Crippen LogP contribution is -2.58. The molecule has 1 fully saturated rings. The van der Waals surface area contributed by atoms with E-state index in [0.29, 0.717) is 75.2 Å². The van der Waals surface area contributed by atoms with E-state index in [1.54, 1.807) is 30.2 Å². The molecule has 4 bridgehead atoms. The van der Waals surface area contributed by atoms with Gasteiger partial charge in [0.05, 0.1) is 38.4 Å². The molecule has 228 valence electrons. The molecule has 42 heavy (non-hydrogen) atoms. The molecule has 2 heterocycles. The first-order valence-corrected chi connectivity index (χ1v) is 14.3. The Morgan fingerprint density at radius 2 is 1.90 bits per heavy atom. The Labute approximate surface area is 246 Å². The van der Waals surface area contributed by atoms with Gasteiger partial charge in [-0.05, 0) is 43.2 Å². The number of carbonyl (C=O) groups excluding carboxylic acids is 3. The number of methoxy groups -OCH3 is 1. The quantitative estimate of drug-likeness (QED) is 0.403. The third-order valence-corrected chi connectivity index (χ3v) is 6.89. The Bertz CT molecular complexity index is 1210. The van der Waals surface area contributed by atoms with E-state index in [1.807, 2.05) is 31.2 Å². The monoisotopic (exact) mass is 584 g/mol. The molecule has 1 saturated heterocycles. The van der Waals surface area contributed by atoms with E-state index >= 15 is 0 Å². The second-order valence-corrected chi connectivity index (χ2v) is 9.97. The third kappa shape index (κ3) is 9.33.